The molecule has 0 atom stereocenters. The third kappa shape index (κ3) is 4.34. The van der Waals surface area contributed by atoms with Gasteiger partial charge in [0.25, 0.3) is 11.5 Å². The first-order chi connectivity index (χ1) is 16.5. The molecule has 2 saturated heterocycles. The highest BCUT2D eigenvalue weighted by molar-refractivity contribution is 6.31. The standard InChI is InChI=1S/C25H24ClN5O3/c26-18-3-6-21-17(11-18)12-20(23(32)29-21)22(30-27)13-28-19-4-1-16(2-5-19)24(33)31-9-7-25(8-10-31)14-34-15-25/h1-6,11-13,27-28H,7-10,14-15H2,(H,29,32)/b22-13-,30-27?. The van der Waals surface area contributed by atoms with Crippen molar-refractivity contribution in [1.29, 1.82) is 5.53 Å². The van der Waals surface area contributed by atoms with Gasteiger partial charge in [-0.3, -0.25) is 9.59 Å². The minimum atomic E-state index is -0.350. The van der Waals surface area contributed by atoms with Gasteiger partial charge in [-0.25, -0.2) is 5.53 Å². The number of amides is 1. The second-order valence-corrected chi connectivity index (χ2v) is 9.33. The highest BCUT2D eigenvalue weighted by Gasteiger charge is 2.42. The van der Waals surface area contributed by atoms with Crippen LogP contribution in [0.5, 0.6) is 0 Å². The van der Waals surface area contributed by atoms with Crippen LogP contribution in [0.15, 0.2) is 64.6 Å². The number of piperidine rings is 1. The van der Waals surface area contributed by atoms with Crippen LogP contribution in [0, 0.1) is 10.9 Å². The number of nitrogens with zero attached hydrogens (tertiary/aromatic N) is 2. The number of rotatable bonds is 5. The van der Waals surface area contributed by atoms with Crippen molar-refractivity contribution in [3.63, 3.8) is 0 Å². The fourth-order valence-electron chi connectivity index (χ4n) is 4.44. The van der Waals surface area contributed by atoms with Crippen LogP contribution >= 0.6 is 11.6 Å². The first-order valence-corrected chi connectivity index (χ1v) is 11.5. The number of carbonyl (C=O) groups excluding carboxylic acids is 1. The van der Waals surface area contributed by atoms with Crippen molar-refractivity contribution in [2.24, 2.45) is 10.5 Å². The number of hydrogen-bond acceptors (Lipinski definition) is 6. The Hall–Kier alpha value is -3.49. The number of hydrogen-bond donors (Lipinski definition) is 3. The zero-order valence-corrected chi connectivity index (χ0v) is 19.2. The van der Waals surface area contributed by atoms with E-state index in [1.54, 1.807) is 48.5 Å². The number of aromatic amines is 1. The second kappa shape index (κ2) is 9.04. The maximum atomic E-state index is 12.9. The molecule has 2 aliphatic heterocycles. The molecule has 0 bridgehead atoms. The topological polar surface area (TPSA) is 111 Å². The van der Waals surface area contributed by atoms with Gasteiger partial charge in [-0.15, -0.1) is 0 Å². The van der Waals surface area contributed by atoms with Crippen LogP contribution in [0.3, 0.4) is 0 Å². The summed E-state index contributed by atoms with van der Waals surface area (Å²) in [5, 5.41) is 7.87. The molecule has 1 aromatic heterocycles. The van der Waals surface area contributed by atoms with Crippen LogP contribution in [-0.2, 0) is 4.74 Å². The number of fused-ring (bicyclic) bond motifs is 1. The Kier molecular flexibility index (Phi) is 5.93. The molecule has 0 unspecified atom stereocenters. The molecule has 0 aliphatic carbocycles. The zero-order valence-electron chi connectivity index (χ0n) is 18.4. The SMILES string of the molecule is N=N/C(=C\Nc1ccc(C(=O)N2CCC3(CC2)COC3)cc1)c1cc2cc(Cl)ccc2[nH]c1=O. The van der Waals surface area contributed by atoms with Crippen LogP contribution in [0.4, 0.5) is 5.69 Å². The lowest BCUT2D eigenvalue weighted by Gasteiger charge is -2.47. The lowest BCUT2D eigenvalue weighted by molar-refractivity contribution is -0.136. The summed E-state index contributed by atoms with van der Waals surface area (Å²) in [6, 6.07) is 14.0. The quantitative estimate of drug-likeness (QED) is 0.455. The van der Waals surface area contributed by atoms with Crippen molar-refractivity contribution in [3.8, 4) is 0 Å². The molecule has 0 saturated carbocycles. The van der Waals surface area contributed by atoms with Gasteiger partial charge in [0.05, 0.1) is 18.8 Å². The van der Waals surface area contributed by atoms with Crippen LogP contribution < -0.4 is 10.9 Å². The number of carbonyl (C=O) groups is 1. The lowest BCUT2D eigenvalue weighted by Crippen LogP contribution is -2.52. The predicted molar refractivity (Wildman–Crippen MR) is 131 cm³/mol. The third-order valence-electron chi connectivity index (χ3n) is 6.64. The summed E-state index contributed by atoms with van der Waals surface area (Å²) in [4.78, 5) is 30.1. The number of nitrogens with one attached hydrogen (secondary N) is 3. The molecule has 2 aromatic carbocycles. The molecular weight excluding hydrogens is 454 g/mol. The van der Waals surface area contributed by atoms with E-state index in [2.05, 4.69) is 15.4 Å². The molecule has 3 N–H and O–H groups in total. The maximum Gasteiger partial charge on any atom is 0.258 e. The molecule has 174 valence electrons. The average Bonchev–Trinajstić information content (AvgIpc) is 2.84. The molecule has 34 heavy (non-hydrogen) atoms. The van der Waals surface area contributed by atoms with E-state index in [1.807, 2.05) is 4.90 Å². The maximum absolute atomic E-state index is 12.9. The Bertz CT molecular complexity index is 1330. The van der Waals surface area contributed by atoms with E-state index in [4.69, 9.17) is 21.9 Å². The Labute approximate surface area is 201 Å². The largest absolute Gasteiger partial charge is 0.380 e. The van der Waals surface area contributed by atoms with Crippen molar-refractivity contribution in [1.82, 2.24) is 9.88 Å². The Morgan fingerprint density at radius 2 is 1.88 bits per heavy atom. The fraction of sp³-hybridized carbons (Fsp3) is 0.280. The Morgan fingerprint density at radius 3 is 2.53 bits per heavy atom. The molecule has 2 fully saturated rings. The molecule has 9 heteroatoms. The number of aromatic nitrogens is 1. The summed E-state index contributed by atoms with van der Waals surface area (Å²) in [5.41, 5.74) is 9.90. The molecule has 8 nitrogen and oxygen atoms in total. The van der Waals surface area contributed by atoms with Crippen molar-refractivity contribution in [2.45, 2.75) is 12.8 Å². The number of ether oxygens (including phenoxy) is 1. The van der Waals surface area contributed by atoms with Gasteiger partial charge in [-0.1, -0.05) is 11.6 Å². The highest BCUT2D eigenvalue weighted by Crippen LogP contribution is 2.38. The normalized spacial score (nSPS) is 17.4. The van der Waals surface area contributed by atoms with Crippen LogP contribution in [0.1, 0.15) is 28.8 Å². The smallest absolute Gasteiger partial charge is 0.258 e. The van der Waals surface area contributed by atoms with Crippen molar-refractivity contribution in [2.75, 3.05) is 31.6 Å². The molecule has 1 spiro atoms. The lowest BCUT2D eigenvalue weighted by atomic mass is 9.77. The summed E-state index contributed by atoms with van der Waals surface area (Å²) in [5.74, 6) is 0.0281. The monoisotopic (exact) mass is 477 g/mol. The summed E-state index contributed by atoms with van der Waals surface area (Å²) in [7, 11) is 0. The predicted octanol–water partition coefficient (Wildman–Crippen LogP) is 4.88. The van der Waals surface area contributed by atoms with Gasteiger partial charge >= 0.3 is 0 Å². The van der Waals surface area contributed by atoms with E-state index < -0.39 is 0 Å². The molecule has 3 aromatic rings. The summed E-state index contributed by atoms with van der Waals surface area (Å²) < 4.78 is 5.36. The van der Waals surface area contributed by atoms with Crippen molar-refractivity contribution < 1.29 is 9.53 Å². The van der Waals surface area contributed by atoms with Crippen LogP contribution in [-0.4, -0.2) is 42.1 Å². The first-order valence-electron chi connectivity index (χ1n) is 11.1. The van der Waals surface area contributed by atoms with Gasteiger partial charge in [0.15, 0.2) is 0 Å². The van der Waals surface area contributed by atoms with Crippen LogP contribution in [0.25, 0.3) is 16.6 Å². The van der Waals surface area contributed by atoms with Gasteiger partial charge < -0.3 is 19.9 Å². The Balaban J connectivity index is 1.28. The fourth-order valence-corrected chi connectivity index (χ4v) is 4.63. The van der Waals surface area contributed by atoms with E-state index in [9.17, 15) is 9.59 Å². The zero-order chi connectivity index (χ0) is 23.7. The van der Waals surface area contributed by atoms with Crippen molar-refractivity contribution >= 4 is 39.8 Å². The van der Waals surface area contributed by atoms with Crippen LogP contribution in [0.2, 0.25) is 5.02 Å². The highest BCUT2D eigenvalue weighted by atomic mass is 35.5. The number of benzene rings is 2. The third-order valence-corrected chi connectivity index (χ3v) is 6.87. The number of halogens is 1. The minimum Gasteiger partial charge on any atom is -0.380 e. The van der Waals surface area contributed by atoms with Crippen molar-refractivity contribution in [3.05, 3.63) is 81.2 Å². The number of likely N-dealkylation sites (tertiary alicyclic amines) is 1. The summed E-state index contributed by atoms with van der Waals surface area (Å²) in [6.45, 7) is 3.14. The van der Waals surface area contributed by atoms with E-state index in [0.717, 1.165) is 44.5 Å². The van der Waals surface area contributed by atoms with Gasteiger partial charge in [-0.05, 0) is 61.4 Å². The van der Waals surface area contributed by atoms with E-state index >= 15 is 0 Å². The first kappa shape index (κ1) is 22.3. The molecule has 5 rings (SSSR count). The number of pyridine rings is 1. The molecule has 2 aliphatic rings. The molecular formula is C25H24ClN5O3. The van der Waals surface area contributed by atoms with E-state index in [1.165, 1.54) is 6.20 Å². The van der Waals surface area contributed by atoms with Gasteiger partial charge in [0.1, 0.15) is 5.70 Å². The number of anilines is 1. The number of H-pyrrole nitrogens is 1. The van der Waals surface area contributed by atoms with Gasteiger partial charge in [-0.2, -0.15) is 5.11 Å². The Morgan fingerprint density at radius 1 is 1.15 bits per heavy atom. The second-order valence-electron chi connectivity index (χ2n) is 8.89. The minimum absolute atomic E-state index is 0.0281. The molecule has 1 amide bonds. The molecule has 0 radical (unpaired) electrons. The summed E-state index contributed by atoms with van der Waals surface area (Å²) in [6.07, 6.45) is 3.47. The average molecular weight is 478 g/mol. The van der Waals surface area contributed by atoms with Gasteiger partial charge in [0, 0.05) is 51.9 Å². The van der Waals surface area contributed by atoms with E-state index in [0.29, 0.717) is 21.8 Å². The van der Waals surface area contributed by atoms with E-state index in [-0.39, 0.29) is 28.1 Å². The molecule has 3 heterocycles. The van der Waals surface area contributed by atoms with Gasteiger partial charge in [0.2, 0.25) is 0 Å². The summed E-state index contributed by atoms with van der Waals surface area (Å²) >= 11 is 6.06.